The van der Waals surface area contributed by atoms with Gasteiger partial charge < -0.3 is 5.11 Å². The number of aryl methyl sites for hydroxylation is 2. The Kier molecular flexibility index (Phi) is 4.33. The van der Waals surface area contributed by atoms with Gasteiger partial charge in [0.1, 0.15) is 0 Å². The van der Waals surface area contributed by atoms with Crippen LogP contribution in [0.5, 0.6) is 0 Å². The lowest BCUT2D eigenvalue weighted by atomic mass is 10.1. The van der Waals surface area contributed by atoms with E-state index in [9.17, 15) is 5.11 Å². The van der Waals surface area contributed by atoms with E-state index in [1.54, 1.807) is 0 Å². The summed E-state index contributed by atoms with van der Waals surface area (Å²) in [6.45, 7) is 8.25. The van der Waals surface area contributed by atoms with Crippen LogP contribution in [0.2, 0.25) is 0 Å². The third-order valence-electron chi connectivity index (χ3n) is 2.95. The molecule has 3 nitrogen and oxygen atoms in total. The van der Waals surface area contributed by atoms with Gasteiger partial charge in [-0.3, -0.25) is 4.68 Å². The Morgan fingerprint density at radius 1 is 1.33 bits per heavy atom. The van der Waals surface area contributed by atoms with Crippen molar-refractivity contribution in [2.45, 2.75) is 59.1 Å². The average Bonchev–Trinajstić information content (AvgIpc) is 2.69. The molecule has 0 fully saturated rings. The molecular formula is C12H22N2O. The Hall–Kier alpha value is -0.830. The summed E-state index contributed by atoms with van der Waals surface area (Å²) in [6, 6.07) is 2.21. The van der Waals surface area contributed by atoms with Gasteiger partial charge in [-0.25, -0.2) is 0 Å². The van der Waals surface area contributed by atoms with Crippen LogP contribution in [-0.2, 0) is 12.8 Å². The molecule has 1 aromatic heterocycles. The molecular weight excluding hydrogens is 188 g/mol. The van der Waals surface area contributed by atoms with E-state index >= 15 is 0 Å². The maximum absolute atomic E-state index is 9.82. The number of aliphatic hydroxyl groups excluding tert-OH is 1. The maximum atomic E-state index is 9.82. The molecule has 0 radical (unpaired) electrons. The lowest BCUT2D eigenvalue weighted by Gasteiger charge is -2.19. The van der Waals surface area contributed by atoms with Crippen LogP contribution in [0.4, 0.5) is 0 Å². The minimum atomic E-state index is -0.306. The normalized spacial score (nSPS) is 15.3. The molecule has 0 amide bonds. The predicted molar refractivity (Wildman–Crippen MR) is 62.0 cm³/mol. The average molecular weight is 210 g/mol. The summed E-state index contributed by atoms with van der Waals surface area (Å²) in [6.07, 6.45) is 2.38. The Balaban J connectivity index is 2.95. The molecule has 0 saturated carbocycles. The van der Waals surface area contributed by atoms with Crippen molar-refractivity contribution < 1.29 is 5.11 Å². The van der Waals surface area contributed by atoms with E-state index in [1.807, 2.05) is 18.5 Å². The van der Waals surface area contributed by atoms with Crippen LogP contribution in [-0.4, -0.2) is 21.0 Å². The highest BCUT2D eigenvalue weighted by Crippen LogP contribution is 2.17. The second-order valence-corrected chi connectivity index (χ2v) is 3.99. The first kappa shape index (κ1) is 12.2. The molecule has 1 N–H and O–H groups in total. The topological polar surface area (TPSA) is 38.0 Å². The quantitative estimate of drug-likeness (QED) is 0.810. The molecule has 2 atom stereocenters. The van der Waals surface area contributed by atoms with E-state index < -0.39 is 0 Å². The van der Waals surface area contributed by atoms with Crippen molar-refractivity contribution >= 4 is 0 Å². The van der Waals surface area contributed by atoms with E-state index in [-0.39, 0.29) is 12.1 Å². The van der Waals surface area contributed by atoms with Crippen LogP contribution in [0.15, 0.2) is 6.07 Å². The van der Waals surface area contributed by atoms with Crippen molar-refractivity contribution in [3.63, 3.8) is 0 Å². The van der Waals surface area contributed by atoms with Crippen LogP contribution in [0.1, 0.15) is 51.5 Å². The zero-order chi connectivity index (χ0) is 11.4. The fourth-order valence-electron chi connectivity index (χ4n) is 1.78. The molecule has 0 aliphatic carbocycles. The van der Waals surface area contributed by atoms with Gasteiger partial charge in [0.25, 0.3) is 0 Å². The standard InChI is InChI=1S/C12H22N2O/c1-5-10-8-11(6-2)14(13-10)9(4)12(15)7-3/h8-9,12,15H,5-7H2,1-4H3. The smallest absolute Gasteiger partial charge is 0.0759 e. The zero-order valence-electron chi connectivity index (χ0n) is 10.2. The third kappa shape index (κ3) is 2.59. The van der Waals surface area contributed by atoms with Gasteiger partial charge in [-0.2, -0.15) is 5.10 Å². The number of rotatable bonds is 5. The van der Waals surface area contributed by atoms with Gasteiger partial charge in [0.2, 0.25) is 0 Å². The molecule has 1 aromatic rings. The number of nitrogens with zero attached hydrogens (tertiary/aromatic N) is 2. The number of hydrogen-bond acceptors (Lipinski definition) is 2. The zero-order valence-corrected chi connectivity index (χ0v) is 10.2. The van der Waals surface area contributed by atoms with Gasteiger partial charge in [-0.15, -0.1) is 0 Å². The Bertz CT molecular complexity index is 307. The summed E-state index contributed by atoms with van der Waals surface area (Å²) < 4.78 is 1.98. The van der Waals surface area contributed by atoms with Crippen molar-refractivity contribution in [2.75, 3.05) is 0 Å². The number of aliphatic hydroxyl groups is 1. The molecule has 1 heterocycles. The highest BCUT2D eigenvalue weighted by molar-refractivity contribution is 5.11. The summed E-state index contributed by atoms with van der Waals surface area (Å²) in [5.74, 6) is 0. The highest BCUT2D eigenvalue weighted by atomic mass is 16.3. The fourth-order valence-corrected chi connectivity index (χ4v) is 1.78. The summed E-state index contributed by atoms with van der Waals surface area (Å²) in [4.78, 5) is 0. The number of hydrogen-bond donors (Lipinski definition) is 1. The van der Waals surface area contributed by atoms with Gasteiger partial charge in [-0.05, 0) is 32.3 Å². The van der Waals surface area contributed by atoms with Gasteiger partial charge in [-0.1, -0.05) is 20.8 Å². The Morgan fingerprint density at radius 2 is 2.00 bits per heavy atom. The SMILES string of the molecule is CCc1cc(CC)n(C(C)C(O)CC)n1. The summed E-state index contributed by atoms with van der Waals surface area (Å²) in [5, 5.41) is 14.3. The lowest BCUT2D eigenvalue weighted by molar-refractivity contribution is 0.109. The monoisotopic (exact) mass is 210 g/mol. The van der Waals surface area contributed by atoms with E-state index in [0.717, 1.165) is 25.0 Å². The first-order chi connectivity index (χ1) is 7.13. The molecule has 0 aliphatic rings. The van der Waals surface area contributed by atoms with Crippen LogP contribution in [0.3, 0.4) is 0 Å². The van der Waals surface area contributed by atoms with Crippen molar-refractivity contribution in [2.24, 2.45) is 0 Å². The van der Waals surface area contributed by atoms with Crippen molar-refractivity contribution in [3.05, 3.63) is 17.5 Å². The molecule has 0 saturated heterocycles. The van der Waals surface area contributed by atoms with E-state index in [4.69, 9.17) is 0 Å². The van der Waals surface area contributed by atoms with Gasteiger partial charge in [0.15, 0.2) is 0 Å². The Labute approximate surface area is 92.1 Å². The number of aromatic nitrogens is 2. The van der Waals surface area contributed by atoms with Crippen LogP contribution in [0.25, 0.3) is 0 Å². The molecule has 1 rings (SSSR count). The predicted octanol–water partition coefficient (Wildman–Crippen LogP) is 2.34. The summed E-state index contributed by atoms with van der Waals surface area (Å²) >= 11 is 0. The lowest BCUT2D eigenvalue weighted by Crippen LogP contribution is -2.23. The molecule has 2 unspecified atom stereocenters. The minimum absolute atomic E-state index is 0.0743. The minimum Gasteiger partial charge on any atom is -0.391 e. The molecule has 86 valence electrons. The first-order valence-corrected chi connectivity index (χ1v) is 5.89. The van der Waals surface area contributed by atoms with Crippen molar-refractivity contribution in [1.82, 2.24) is 9.78 Å². The van der Waals surface area contributed by atoms with Crippen LogP contribution < -0.4 is 0 Å². The maximum Gasteiger partial charge on any atom is 0.0759 e. The van der Waals surface area contributed by atoms with Gasteiger partial charge >= 0.3 is 0 Å². The third-order valence-corrected chi connectivity index (χ3v) is 2.95. The Morgan fingerprint density at radius 3 is 2.47 bits per heavy atom. The van der Waals surface area contributed by atoms with Crippen molar-refractivity contribution in [3.8, 4) is 0 Å². The molecule has 0 aromatic carbocycles. The van der Waals surface area contributed by atoms with Gasteiger partial charge in [0, 0.05) is 5.69 Å². The second-order valence-electron chi connectivity index (χ2n) is 3.99. The summed E-state index contributed by atoms with van der Waals surface area (Å²) in [5.41, 5.74) is 2.33. The van der Waals surface area contributed by atoms with E-state index in [2.05, 4.69) is 25.0 Å². The van der Waals surface area contributed by atoms with Crippen LogP contribution in [0, 0.1) is 0 Å². The van der Waals surface area contributed by atoms with Crippen LogP contribution >= 0.6 is 0 Å². The summed E-state index contributed by atoms with van der Waals surface area (Å²) in [7, 11) is 0. The molecule has 15 heavy (non-hydrogen) atoms. The van der Waals surface area contributed by atoms with E-state index in [0.29, 0.717) is 0 Å². The molecule has 0 aliphatic heterocycles. The first-order valence-electron chi connectivity index (χ1n) is 5.89. The molecule has 0 spiro atoms. The van der Waals surface area contributed by atoms with E-state index in [1.165, 1.54) is 5.69 Å². The van der Waals surface area contributed by atoms with Gasteiger partial charge in [0.05, 0.1) is 17.8 Å². The second kappa shape index (κ2) is 5.31. The molecule has 3 heteroatoms. The molecule has 0 bridgehead atoms. The fraction of sp³-hybridized carbons (Fsp3) is 0.750. The highest BCUT2D eigenvalue weighted by Gasteiger charge is 2.17. The van der Waals surface area contributed by atoms with Crippen molar-refractivity contribution in [1.29, 1.82) is 0 Å². The largest absolute Gasteiger partial charge is 0.391 e.